The van der Waals surface area contributed by atoms with E-state index in [0.29, 0.717) is 0 Å². The summed E-state index contributed by atoms with van der Waals surface area (Å²) in [5.74, 6) is 0. The van der Waals surface area contributed by atoms with Crippen LogP contribution in [0.5, 0.6) is 0 Å². The Morgan fingerprint density at radius 2 is 2.00 bits per heavy atom. The number of halogens is 1. The molecule has 0 saturated carbocycles. The molecule has 0 fully saturated rings. The van der Waals surface area contributed by atoms with Gasteiger partial charge < -0.3 is 0 Å². The van der Waals surface area contributed by atoms with Crippen molar-refractivity contribution in [2.45, 2.75) is 0 Å². The highest BCUT2D eigenvalue weighted by Crippen LogP contribution is 2.36. The SMILES string of the molecule is Clc1ccc(C2=CNN(c3cccnc3)S2)cc1. The molecule has 0 amide bonds. The Morgan fingerprint density at radius 3 is 2.72 bits per heavy atom. The molecule has 2 aromatic rings. The maximum Gasteiger partial charge on any atom is 0.0887 e. The van der Waals surface area contributed by atoms with Crippen molar-refractivity contribution in [2.75, 3.05) is 4.41 Å². The van der Waals surface area contributed by atoms with Crippen LogP contribution in [0.25, 0.3) is 4.91 Å². The second-order valence-electron chi connectivity index (χ2n) is 3.74. The first-order valence-electron chi connectivity index (χ1n) is 5.43. The van der Waals surface area contributed by atoms with Gasteiger partial charge in [-0.25, -0.2) is 4.41 Å². The van der Waals surface area contributed by atoms with E-state index in [4.69, 9.17) is 11.6 Å². The minimum atomic E-state index is 0.749. The van der Waals surface area contributed by atoms with Crippen LogP contribution < -0.4 is 9.84 Å². The molecule has 0 bridgehead atoms. The number of nitrogens with one attached hydrogen (secondary N) is 1. The Morgan fingerprint density at radius 1 is 1.17 bits per heavy atom. The van der Waals surface area contributed by atoms with E-state index in [1.165, 1.54) is 0 Å². The maximum atomic E-state index is 5.88. The first-order chi connectivity index (χ1) is 8.83. The molecule has 2 heterocycles. The van der Waals surface area contributed by atoms with Crippen LogP contribution in [0.1, 0.15) is 5.56 Å². The largest absolute Gasteiger partial charge is 0.294 e. The Kier molecular flexibility index (Phi) is 3.13. The van der Waals surface area contributed by atoms with Crippen molar-refractivity contribution in [3.05, 3.63) is 65.6 Å². The van der Waals surface area contributed by atoms with Crippen molar-refractivity contribution in [1.82, 2.24) is 10.4 Å². The number of pyridine rings is 1. The van der Waals surface area contributed by atoms with Crippen molar-refractivity contribution in [1.29, 1.82) is 0 Å². The second-order valence-corrected chi connectivity index (χ2v) is 5.17. The van der Waals surface area contributed by atoms with E-state index >= 15 is 0 Å². The van der Waals surface area contributed by atoms with Gasteiger partial charge in [0, 0.05) is 29.4 Å². The van der Waals surface area contributed by atoms with Gasteiger partial charge in [-0.3, -0.25) is 10.4 Å². The first-order valence-corrected chi connectivity index (χ1v) is 6.58. The number of anilines is 1. The summed E-state index contributed by atoms with van der Waals surface area (Å²) in [5.41, 5.74) is 5.36. The van der Waals surface area contributed by atoms with Gasteiger partial charge in [0.15, 0.2) is 0 Å². The van der Waals surface area contributed by atoms with Crippen molar-refractivity contribution in [2.24, 2.45) is 0 Å². The highest BCUT2D eigenvalue weighted by Gasteiger charge is 2.17. The molecule has 0 atom stereocenters. The van der Waals surface area contributed by atoms with Gasteiger partial charge in [0.25, 0.3) is 0 Å². The van der Waals surface area contributed by atoms with Gasteiger partial charge in [-0.1, -0.05) is 23.7 Å². The molecule has 0 radical (unpaired) electrons. The lowest BCUT2D eigenvalue weighted by molar-refractivity contribution is 0.976. The van der Waals surface area contributed by atoms with Gasteiger partial charge in [0.05, 0.1) is 16.8 Å². The quantitative estimate of drug-likeness (QED) is 0.846. The number of nitrogens with zero attached hydrogens (tertiary/aromatic N) is 2. The number of rotatable bonds is 2. The number of hydrogen-bond donors (Lipinski definition) is 1. The molecule has 18 heavy (non-hydrogen) atoms. The van der Waals surface area contributed by atoms with E-state index in [2.05, 4.69) is 10.4 Å². The average Bonchev–Trinajstić information content (AvgIpc) is 2.90. The molecule has 0 saturated heterocycles. The van der Waals surface area contributed by atoms with E-state index in [1.807, 2.05) is 53.2 Å². The van der Waals surface area contributed by atoms with Crippen molar-refractivity contribution in [3.8, 4) is 0 Å². The highest BCUT2D eigenvalue weighted by atomic mass is 35.5. The molecule has 5 heteroatoms. The van der Waals surface area contributed by atoms with Crippen molar-refractivity contribution < 1.29 is 0 Å². The zero-order valence-electron chi connectivity index (χ0n) is 9.38. The van der Waals surface area contributed by atoms with Crippen molar-refractivity contribution in [3.63, 3.8) is 0 Å². The molecule has 1 N–H and O–H groups in total. The van der Waals surface area contributed by atoms with Gasteiger partial charge in [-0.05, 0) is 29.8 Å². The van der Waals surface area contributed by atoms with E-state index in [1.54, 1.807) is 18.1 Å². The second kappa shape index (κ2) is 4.92. The lowest BCUT2D eigenvalue weighted by Gasteiger charge is -2.16. The van der Waals surface area contributed by atoms with Gasteiger partial charge in [-0.15, -0.1) is 0 Å². The van der Waals surface area contributed by atoms with Crippen LogP contribution in [-0.4, -0.2) is 4.98 Å². The van der Waals surface area contributed by atoms with Gasteiger partial charge >= 0.3 is 0 Å². The van der Waals surface area contributed by atoms with E-state index in [-0.39, 0.29) is 0 Å². The summed E-state index contributed by atoms with van der Waals surface area (Å²) in [7, 11) is 0. The molecule has 90 valence electrons. The molecular formula is C13H10ClN3S. The van der Waals surface area contributed by atoms with Crippen LogP contribution in [0.3, 0.4) is 0 Å². The molecule has 1 aromatic carbocycles. The van der Waals surface area contributed by atoms with Gasteiger partial charge in [0.1, 0.15) is 0 Å². The minimum Gasteiger partial charge on any atom is -0.294 e. The molecule has 1 aromatic heterocycles. The monoisotopic (exact) mass is 275 g/mol. The summed E-state index contributed by atoms with van der Waals surface area (Å²) in [4.78, 5) is 5.25. The summed E-state index contributed by atoms with van der Waals surface area (Å²) in [6.07, 6.45) is 5.55. The summed E-state index contributed by atoms with van der Waals surface area (Å²) in [6, 6.07) is 11.7. The average molecular weight is 276 g/mol. The predicted molar refractivity (Wildman–Crippen MR) is 76.9 cm³/mol. The van der Waals surface area contributed by atoms with Crippen molar-refractivity contribution >= 4 is 34.1 Å². The number of aromatic nitrogens is 1. The lowest BCUT2D eigenvalue weighted by Crippen LogP contribution is -2.22. The smallest absolute Gasteiger partial charge is 0.0887 e. The Hall–Kier alpha value is -1.65. The Bertz CT molecular complexity index is 569. The fourth-order valence-electron chi connectivity index (χ4n) is 1.62. The topological polar surface area (TPSA) is 28.2 Å². The minimum absolute atomic E-state index is 0.749. The van der Waals surface area contributed by atoms with E-state index < -0.39 is 0 Å². The predicted octanol–water partition coefficient (Wildman–Crippen LogP) is 3.71. The number of hydrogen-bond acceptors (Lipinski definition) is 4. The van der Waals surface area contributed by atoms with Crippen LogP contribution >= 0.6 is 23.5 Å². The first kappa shape index (κ1) is 11.4. The zero-order valence-corrected chi connectivity index (χ0v) is 10.9. The fraction of sp³-hybridized carbons (Fsp3) is 0. The normalized spacial score (nSPS) is 14.3. The van der Waals surface area contributed by atoms with Gasteiger partial charge in [0.2, 0.25) is 0 Å². The van der Waals surface area contributed by atoms with Crippen LogP contribution in [-0.2, 0) is 0 Å². The van der Waals surface area contributed by atoms with E-state index in [0.717, 1.165) is 21.2 Å². The molecule has 1 aliphatic heterocycles. The van der Waals surface area contributed by atoms with Crippen LogP contribution in [0.4, 0.5) is 5.69 Å². The third-order valence-electron chi connectivity index (χ3n) is 2.51. The third-order valence-corrected chi connectivity index (χ3v) is 3.81. The van der Waals surface area contributed by atoms with Crippen LogP contribution in [0.15, 0.2) is 55.0 Å². The molecule has 0 unspecified atom stereocenters. The summed E-state index contributed by atoms with van der Waals surface area (Å²) in [6.45, 7) is 0. The van der Waals surface area contributed by atoms with Crippen LogP contribution in [0, 0.1) is 0 Å². The summed E-state index contributed by atoms with van der Waals surface area (Å²) >= 11 is 7.51. The number of benzene rings is 1. The van der Waals surface area contributed by atoms with E-state index in [9.17, 15) is 0 Å². The maximum absolute atomic E-state index is 5.88. The Balaban J connectivity index is 1.77. The Labute approximate surface area is 115 Å². The summed E-state index contributed by atoms with van der Waals surface area (Å²) in [5, 5.41) is 0.749. The zero-order chi connectivity index (χ0) is 12.4. The number of hydrazine groups is 1. The molecule has 0 aliphatic carbocycles. The lowest BCUT2D eigenvalue weighted by atomic mass is 10.2. The standard InChI is InChI=1S/C13H10ClN3S/c14-11-5-3-10(4-6-11)13-9-16-17(18-13)12-2-1-7-15-8-12/h1-9,16H. The molecule has 3 rings (SSSR count). The highest BCUT2D eigenvalue weighted by molar-refractivity contribution is 8.09. The third kappa shape index (κ3) is 2.30. The summed E-state index contributed by atoms with van der Waals surface area (Å²) < 4.78 is 1.97. The molecule has 0 spiro atoms. The van der Waals surface area contributed by atoms with Crippen LogP contribution in [0.2, 0.25) is 5.02 Å². The molecule has 1 aliphatic rings. The fourth-order valence-corrected chi connectivity index (χ4v) is 2.61. The molecule has 3 nitrogen and oxygen atoms in total. The molecular weight excluding hydrogens is 266 g/mol. The van der Waals surface area contributed by atoms with Gasteiger partial charge in [-0.2, -0.15) is 0 Å².